The summed E-state index contributed by atoms with van der Waals surface area (Å²) in [6.45, 7) is 2.23. The van der Waals surface area contributed by atoms with E-state index in [1.165, 1.54) is 25.7 Å². The van der Waals surface area contributed by atoms with Gasteiger partial charge in [-0.1, -0.05) is 68.4 Å². The SMILES string of the molecule is CCCCC/C=C/C/C=C/C/C=C/CCCCC(=O)Nc1cccc(CC(=O)O)c1. The molecular weight excluding hydrogens is 374 g/mol. The summed E-state index contributed by atoms with van der Waals surface area (Å²) in [6.07, 6.45) is 23.5. The Bertz CT molecular complexity index is 704. The number of amides is 1. The molecule has 0 saturated heterocycles. The number of unbranched alkanes of at least 4 members (excludes halogenated alkanes) is 5. The molecule has 4 heteroatoms. The Kier molecular flexibility index (Phi) is 14.6. The average Bonchev–Trinajstić information content (AvgIpc) is 2.70. The van der Waals surface area contributed by atoms with Crippen LogP contribution in [0.2, 0.25) is 0 Å². The van der Waals surface area contributed by atoms with E-state index in [1.54, 1.807) is 24.3 Å². The van der Waals surface area contributed by atoms with Crippen LogP contribution in [0.5, 0.6) is 0 Å². The third kappa shape index (κ3) is 14.4. The molecular formula is C26H37NO3. The third-order valence-electron chi connectivity index (χ3n) is 4.61. The molecule has 0 atom stereocenters. The summed E-state index contributed by atoms with van der Waals surface area (Å²) < 4.78 is 0. The van der Waals surface area contributed by atoms with Gasteiger partial charge in [-0.3, -0.25) is 9.59 Å². The zero-order valence-corrected chi connectivity index (χ0v) is 18.3. The highest BCUT2D eigenvalue weighted by atomic mass is 16.4. The van der Waals surface area contributed by atoms with Crippen molar-refractivity contribution in [1.82, 2.24) is 0 Å². The molecule has 0 aliphatic rings. The van der Waals surface area contributed by atoms with Gasteiger partial charge in [0, 0.05) is 12.1 Å². The number of rotatable bonds is 16. The molecule has 0 saturated carbocycles. The topological polar surface area (TPSA) is 66.4 Å². The lowest BCUT2D eigenvalue weighted by atomic mass is 10.1. The lowest BCUT2D eigenvalue weighted by Crippen LogP contribution is -2.11. The molecule has 30 heavy (non-hydrogen) atoms. The van der Waals surface area contributed by atoms with Gasteiger partial charge in [0.2, 0.25) is 5.91 Å². The fourth-order valence-corrected chi connectivity index (χ4v) is 2.99. The number of aliphatic carboxylic acids is 1. The first-order chi connectivity index (χ1) is 14.6. The highest BCUT2D eigenvalue weighted by Crippen LogP contribution is 2.12. The van der Waals surface area contributed by atoms with E-state index in [0.29, 0.717) is 17.7 Å². The number of hydrogen-bond donors (Lipinski definition) is 2. The minimum absolute atomic E-state index is 0.0304. The van der Waals surface area contributed by atoms with Crippen LogP contribution in [0, 0.1) is 0 Å². The van der Waals surface area contributed by atoms with E-state index in [4.69, 9.17) is 5.11 Å². The number of nitrogens with one attached hydrogen (secondary N) is 1. The molecule has 0 fully saturated rings. The smallest absolute Gasteiger partial charge is 0.307 e. The van der Waals surface area contributed by atoms with Crippen molar-refractivity contribution in [2.24, 2.45) is 0 Å². The van der Waals surface area contributed by atoms with Crippen LogP contribution in [0.25, 0.3) is 0 Å². The Hall–Kier alpha value is -2.62. The summed E-state index contributed by atoms with van der Waals surface area (Å²) in [7, 11) is 0. The normalized spacial score (nSPS) is 11.6. The Labute approximate surface area is 181 Å². The first-order valence-corrected chi connectivity index (χ1v) is 11.2. The number of carboxylic acids is 1. The van der Waals surface area contributed by atoms with E-state index < -0.39 is 5.97 Å². The average molecular weight is 412 g/mol. The molecule has 1 aromatic carbocycles. The standard InChI is InChI=1S/C26H37NO3/c1-2-3-4-5-6-7-8-9-10-11-12-13-14-15-16-20-25(28)27-24-19-17-18-23(21-24)22-26(29)30/h6-7,9-10,12-13,17-19,21H,2-5,8,11,14-16,20,22H2,1H3,(H,27,28)(H,29,30)/b7-6+,10-9+,13-12+. The van der Waals surface area contributed by atoms with Gasteiger partial charge in [-0.2, -0.15) is 0 Å². The van der Waals surface area contributed by atoms with Crippen LogP contribution in [-0.4, -0.2) is 17.0 Å². The molecule has 164 valence electrons. The first-order valence-electron chi connectivity index (χ1n) is 11.2. The maximum atomic E-state index is 12.0. The predicted octanol–water partition coefficient (Wildman–Crippen LogP) is 6.84. The van der Waals surface area contributed by atoms with Gasteiger partial charge in [0.15, 0.2) is 0 Å². The van der Waals surface area contributed by atoms with Gasteiger partial charge in [-0.05, 0) is 62.6 Å². The molecule has 1 aromatic rings. The minimum atomic E-state index is -0.878. The van der Waals surface area contributed by atoms with Crippen LogP contribution >= 0.6 is 0 Å². The minimum Gasteiger partial charge on any atom is -0.481 e. The van der Waals surface area contributed by atoms with Gasteiger partial charge < -0.3 is 10.4 Å². The maximum absolute atomic E-state index is 12.0. The second-order valence-electron chi connectivity index (χ2n) is 7.45. The van der Waals surface area contributed by atoms with Crippen molar-refractivity contribution in [3.05, 3.63) is 66.3 Å². The van der Waals surface area contributed by atoms with Crippen molar-refractivity contribution >= 4 is 17.6 Å². The summed E-state index contributed by atoms with van der Waals surface area (Å²) >= 11 is 0. The number of benzene rings is 1. The van der Waals surface area contributed by atoms with Gasteiger partial charge in [0.05, 0.1) is 6.42 Å². The molecule has 2 N–H and O–H groups in total. The molecule has 0 aliphatic carbocycles. The highest BCUT2D eigenvalue weighted by Gasteiger charge is 2.04. The van der Waals surface area contributed by atoms with E-state index in [1.807, 2.05) is 0 Å². The molecule has 0 unspecified atom stereocenters. The predicted molar refractivity (Wildman–Crippen MR) is 126 cm³/mol. The summed E-state index contributed by atoms with van der Waals surface area (Å²) in [5, 5.41) is 11.7. The highest BCUT2D eigenvalue weighted by molar-refractivity contribution is 5.90. The van der Waals surface area contributed by atoms with Crippen LogP contribution in [0.1, 0.15) is 76.7 Å². The lowest BCUT2D eigenvalue weighted by molar-refractivity contribution is -0.136. The third-order valence-corrected chi connectivity index (χ3v) is 4.61. The van der Waals surface area contributed by atoms with Crippen LogP contribution in [0.15, 0.2) is 60.7 Å². The number of carbonyl (C=O) groups is 2. The van der Waals surface area contributed by atoms with Crippen molar-refractivity contribution in [3.63, 3.8) is 0 Å². The van der Waals surface area contributed by atoms with Crippen molar-refractivity contribution in [1.29, 1.82) is 0 Å². The zero-order valence-electron chi connectivity index (χ0n) is 18.3. The summed E-state index contributed by atoms with van der Waals surface area (Å²) in [5.74, 6) is -0.909. The van der Waals surface area contributed by atoms with Crippen molar-refractivity contribution in [3.8, 4) is 0 Å². The molecule has 1 amide bonds. The van der Waals surface area contributed by atoms with Crippen LogP contribution in [0.4, 0.5) is 5.69 Å². The van der Waals surface area contributed by atoms with Gasteiger partial charge in [-0.25, -0.2) is 0 Å². The van der Waals surface area contributed by atoms with Gasteiger partial charge in [0.1, 0.15) is 0 Å². The number of hydrogen-bond acceptors (Lipinski definition) is 2. The summed E-state index contributed by atoms with van der Waals surface area (Å²) in [4.78, 5) is 22.8. The molecule has 0 spiro atoms. The van der Waals surface area contributed by atoms with E-state index in [2.05, 4.69) is 48.7 Å². The van der Waals surface area contributed by atoms with Gasteiger partial charge >= 0.3 is 5.97 Å². The molecule has 0 radical (unpaired) electrons. The van der Waals surface area contributed by atoms with Crippen LogP contribution in [-0.2, 0) is 16.0 Å². The van der Waals surface area contributed by atoms with E-state index in [-0.39, 0.29) is 12.3 Å². The van der Waals surface area contributed by atoms with Gasteiger partial charge in [0.25, 0.3) is 0 Å². The molecule has 0 aliphatic heterocycles. The number of allylic oxidation sites excluding steroid dienone is 6. The Balaban J connectivity index is 2.07. The second kappa shape index (κ2) is 17.3. The number of carboxylic acid groups (broad SMARTS) is 1. The molecule has 4 nitrogen and oxygen atoms in total. The first kappa shape index (κ1) is 25.4. The zero-order chi connectivity index (χ0) is 21.9. The van der Waals surface area contributed by atoms with Crippen molar-refractivity contribution in [2.75, 3.05) is 5.32 Å². The van der Waals surface area contributed by atoms with E-state index >= 15 is 0 Å². The molecule has 1 rings (SSSR count). The van der Waals surface area contributed by atoms with Crippen LogP contribution < -0.4 is 5.32 Å². The number of carbonyl (C=O) groups excluding carboxylic acids is 1. The van der Waals surface area contributed by atoms with E-state index in [0.717, 1.165) is 32.1 Å². The van der Waals surface area contributed by atoms with Gasteiger partial charge in [-0.15, -0.1) is 0 Å². The summed E-state index contributed by atoms with van der Waals surface area (Å²) in [6, 6.07) is 7.00. The van der Waals surface area contributed by atoms with Crippen molar-refractivity contribution in [2.45, 2.75) is 77.6 Å². The Morgan fingerprint density at radius 1 is 0.900 bits per heavy atom. The lowest BCUT2D eigenvalue weighted by Gasteiger charge is -2.06. The largest absolute Gasteiger partial charge is 0.481 e. The Morgan fingerprint density at radius 3 is 2.17 bits per heavy atom. The molecule has 0 aromatic heterocycles. The Morgan fingerprint density at radius 2 is 1.53 bits per heavy atom. The van der Waals surface area contributed by atoms with Crippen molar-refractivity contribution < 1.29 is 14.7 Å². The van der Waals surface area contributed by atoms with Crippen LogP contribution in [0.3, 0.4) is 0 Å². The fraction of sp³-hybridized carbons (Fsp3) is 0.462. The van der Waals surface area contributed by atoms with E-state index in [9.17, 15) is 9.59 Å². The summed E-state index contributed by atoms with van der Waals surface area (Å²) in [5.41, 5.74) is 1.34. The monoisotopic (exact) mass is 411 g/mol. The molecule has 0 bridgehead atoms. The fourth-order valence-electron chi connectivity index (χ4n) is 2.99. The maximum Gasteiger partial charge on any atom is 0.307 e. The number of anilines is 1. The second-order valence-corrected chi connectivity index (χ2v) is 7.45. The molecule has 0 heterocycles. The quantitative estimate of drug-likeness (QED) is 0.231.